The molecule has 1 aromatic rings. The molecule has 0 radical (unpaired) electrons. The molecule has 0 saturated heterocycles. The molecular formula is C18H25NO2. The summed E-state index contributed by atoms with van der Waals surface area (Å²) in [6.07, 6.45) is 4.07. The Morgan fingerprint density at radius 2 is 2.10 bits per heavy atom. The predicted octanol–water partition coefficient (Wildman–Crippen LogP) is 3.72. The van der Waals surface area contributed by atoms with Gasteiger partial charge in [0.25, 0.3) is 0 Å². The van der Waals surface area contributed by atoms with Crippen LogP contribution >= 0.6 is 0 Å². The second kappa shape index (κ2) is 4.39. The highest BCUT2D eigenvalue weighted by atomic mass is 16.7. The van der Waals surface area contributed by atoms with Crippen LogP contribution in [0.3, 0.4) is 0 Å². The number of fused-ring (bicyclic) bond motifs is 3. The Kier molecular flexibility index (Phi) is 2.81. The lowest BCUT2D eigenvalue weighted by Gasteiger charge is -2.39. The lowest BCUT2D eigenvalue weighted by atomic mass is 9.69. The van der Waals surface area contributed by atoms with Crippen molar-refractivity contribution in [1.29, 1.82) is 0 Å². The fraction of sp³-hybridized carbons (Fsp3) is 0.667. The van der Waals surface area contributed by atoms with Crippen molar-refractivity contribution in [2.24, 2.45) is 16.7 Å². The summed E-state index contributed by atoms with van der Waals surface area (Å²) in [4.78, 5) is 0. The van der Waals surface area contributed by atoms with Gasteiger partial charge >= 0.3 is 0 Å². The van der Waals surface area contributed by atoms with Crippen LogP contribution in [0.1, 0.15) is 45.6 Å². The van der Waals surface area contributed by atoms with Crippen LogP contribution in [0.25, 0.3) is 0 Å². The molecular weight excluding hydrogens is 262 g/mol. The summed E-state index contributed by atoms with van der Waals surface area (Å²) < 4.78 is 11.1. The number of hydrogen-bond acceptors (Lipinski definition) is 3. The molecule has 3 atom stereocenters. The Morgan fingerprint density at radius 3 is 2.81 bits per heavy atom. The van der Waals surface area contributed by atoms with Gasteiger partial charge in [-0.2, -0.15) is 0 Å². The van der Waals surface area contributed by atoms with Gasteiger partial charge in [-0.3, -0.25) is 0 Å². The predicted molar refractivity (Wildman–Crippen MR) is 82.4 cm³/mol. The van der Waals surface area contributed by atoms with E-state index in [4.69, 9.17) is 9.47 Å². The van der Waals surface area contributed by atoms with E-state index in [9.17, 15) is 0 Å². The Hall–Kier alpha value is -1.22. The summed E-state index contributed by atoms with van der Waals surface area (Å²) in [6, 6.07) is 6.79. The van der Waals surface area contributed by atoms with E-state index in [2.05, 4.69) is 38.2 Å². The van der Waals surface area contributed by atoms with Crippen LogP contribution in [-0.2, 0) is 6.54 Å². The average Bonchev–Trinajstić information content (AvgIpc) is 3.07. The van der Waals surface area contributed by atoms with Crippen LogP contribution < -0.4 is 14.8 Å². The summed E-state index contributed by atoms with van der Waals surface area (Å²) in [7, 11) is 0. The molecule has 2 saturated carbocycles. The summed E-state index contributed by atoms with van der Waals surface area (Å²) in [6.45, 7) is 8.62. The van der Waals surface area contributed by atoms with Crippen LogP contribution in [0, 0.1) is 16.7 Å². The lowest BCUT2D eigenvalue weighted by Crippen LogP contribution is -2.44. The normalized spacial score (nSPS) is 35.4. The second-order valence-corrected chi connectivity index (χ2v) is 7.69. The number of rotatable bonds is 3. The van der Waals surface area contributed by atoms with Crippen LogP contribution in [-0.4, -0.2) is 12.8 Å². The van der Waals surface area contributed by atoms with Crippen molar-refractivity contribution >= 4 is 0 Å². The van der Waals surface area contributed by atoms with E-state index in [0.29, 0.717) is 23.7 Å². The first-order chi connectivity index (χ1) is 10.0. The maximum absolute atomic E-state index is 5.61. The highest BCUT2D eigenvalue weighted by Gasteiger charge is 2.60. The SMILES string of the molecule is CC1(C)C2CCC1(C)C(NCc1cccc3c1OCO3)C2. The smallest absolute Gasteiger partial charge is 0.231 e. The van der Waals surface area contributed by atoms with E-state index < -0.39 is 0 Å². The lowest BCUT2D eigenvalue weighted by molar-refractivity contribution is 0.120. The van der Waals surface area contributed by atoms with Gasteiger partial charge in [0.1, 0.15) is 0 Å². The Balaban J connectivity index is 1.51. The van der Waals surface area contributed by atoms with Crippen molar-refractivity contribution in [3.63, 3.8) is 0 Å². The summed E-state index contributed by atoms with van der Waals surface area (Å²) >= 11 is 0. The number of benzene rings is 1. The third kappa shape index (κ3) is 1.76. The van der Waals surface area contributed by atoms with E-state index in [1.807, 2.05) is 6.07 Å². The second-order valence-electron chi connectivity index (χ2n) is 7.69. The van der Waals surface area contributed by atoms with E-state index in [1.54, 1.807) is 0 Å². The third-order valence-corrected chi connectivity index (χ3v) is 6.81. The maximum atomic E-state index is 5.61. The number of nitrogens with one attached hydrogen (secondary N) is 1. The van der Waals surface area contributed by atoms with Gasteiger partial charge in [0, 0.05) is 18.2 Å². The molecule has 0 spiro atoms. The van der Waals surface area contributed by atoms with E-state index in [-0.39, 0.29) is 0 Å². The minimum Gasteiger partial charge on any atom is -0.454 e. The van der Waals surface area contributed by atoms with Crippen molar-refractivity contribution in [1.82, 2.24) is 5.32 Å². The quantitative estimate of drug-likeness (QED) is 0.919. The monoisotopic (exact) mass is 287 g/mol. The van der Waals surface area contributed by atoms with Crippen molar-refractivity contribution in [2.45, 2.75) is 52.6 Å². The zero-order valence-electron chi connectivity index (χ0n) is 13.2. The number of para-hydroxylation sites is 1. The van der Waals surface area contributed by atoms with Crippen molar-refractivity contribution in [3.8, 4) is 11.5 Å². The molecule has 1 N–H and O–H groups in total. The van der Waals surface area contributed by atoms with Crippen LogP contribution in [0.4, 0.5) is 0 Å². The number of ether oxygens (including phenoxy) is 2. The van der Waals surface area contributed by atoms with Crippen molar-refractivity contribution in [3.05, 3.63) is 23.8 Å². The van der Waals surface area contributed by atoms with Gasteiger partial charge in [-0.1, -0.05) is 32.9 Å². The minimum atomic E-state index is 0.350. The molecule has 0 amide bonds. The zero-order valence-corrected chi connectivity index (χ0v) is 13.2. The van der Waals surface area contributed by atoms with Gasteiger partial charge in [0.2, 0.25) is 6.79 Å². The molecule has 1 aliphatic heterocycles. The van der Waals surface area contributed by atoms with E-state index >= 15 is 0 Å². The topological polar surface area (TPSA) is 30.5 Å². The molecule has 1 heterocycles. The van der Waals surface area contributed by atoms with Gasteiger partial charge in [0.15, 0.2) is 11.5 Å². The molecule has 0 aromatic heterocycles. The molecule has 3 unspecified atom stereocenters. The maximum Gasteiger partial charge on any atom is 0.231 e. The first kappa shape index (κ1) is 13.4. The minimum absolute atomic E-state index is 0.350. The fourth-order valence-electron chi connectivity index (χ4n) is 4.88. The molecule has 1 aromatic carbocycles. The first-order valence-corrected chi connectivity index (χ1v) is 8.13. The van der Waals surface area contributed by atoms with Crippen LogP contribution in [0.15, 0.2) is 18.2 Å². The molecule has 3 heteroatoms. The van der Waals surface area contributed by atoms with Gasteiger partial charge in [-0.15, -0.1) is 0 Å². The third-order valence-electron chi connectivity index (χ3n) is 6.81. The Labute approximate surface area is 127 Å². The van der Waals surface area contributed by atoms with Gasteiger partial charge in [0.05, 0.1) is 0 Å². The molecule has 2 fully saturated rings. The summed E-state index contributed by atoms with van der Waals surface area (Å²) in [5, 5.41) is 3.82. The standard InChI is InChI=1S/C18H25NO2/c1-17(2)13-7-8-18(17,3)15(9-13)19-10-12-5-4-6-14-16(12)21-11-20-14/h4-6,13,15,19H,7-11H2,1-3H3. The Morgan fingerprint density at radius 1 is 1.24 bits per heavy atom. The van der Waals surface area contributed by atoms with Gasteiger partial charge < -0.3 is 14.8 Å². The van der Waals surface area contributed by atoms with Crippen molar-refractivity contribution in [2.75, 3.05) is 6.79 Å². The van der Waals surface area contributed by atoms with Crippen LogP contribution in [0.5, 0.6) is 11.5 Å². The van der Waals surface area contributed by atoms with Crippen LogP contribution in [0.2, 0.25) is 0 Å². The first-order valence-electron chi connectivity index (χ1n) is 8.13. The molecule has 4 rings (SSSR count). The van der Waals surface area contributed by atoms with E-state index in [0.717, 1.165) is 24.0 Å². The zero-order chi connectivity index (χ0) is 14.7. The molecule has 2 bridgehead atoms. The van der Waals surface area contributed by atoms with Crippen molar-refractivity contribution < 1.29 is 9.47 Å². The largest absolute Gasteiger partial charge is 0.454 e. The van der Waals surface area contributed by atoms with Gasteiger partial charge in [-0.05, 0) is 42.1 Å². The molecule has 3 aliphatic rings. The molecule has 21 heavy (non-hydrogen) atoms. The highest BCUT2D eigenvalue weighted by molar-refractivity contribution is 5.48. The molecule has 3 nitrogen and oxygen atoms in total. The summed E-state index contributed by atoms with van der Waals surface area (Å²) in [5.74, 6) is 2.69. The number of hydrogen-bond donors (Lipinski definition) is 1. The van der Waals surface area contributed by atoms with E-state index in [1.165, 1.54) is 24.8 Å². The summed E-state index contributed by atoms with van der Waals surface area (Å²) in [5.41, 5.74) is 2.10. The Bertz CT molecular complexity index is 568. The fourth-order valence-corrected chi connectivity index (χ4v) is 4.88. The highest BCUT2D eigenvalue weighted by Crippen LogP contribution is 2.65. The average molecular weight is 287 g/mol. The molecule has 2 aliphatic carbocycles. The van der Waals surface area contributed by atoms with Gasteiger partial charge in [-0.25, -0.2) is 0 Å². The molecule has 114 valence electrons.